The normalized spacial score (nSPS) is 50.2. The van der Waals surface area contributed by atoms with Gasteiger partial charge in [-0.3, -0.25) is 28.8 Å². The fourth-order valence-corrected chi connectivity index (χ4v) is 45.2. The monoisotopic (exact) mass is 1970 g/mol. The van der Waals surface area contributed by atoms with Crippen LogP contribution in [-0.4, -0.2) is 200 Å². The predicted molar refractivity (Wildman–Crippen MR) is 544 cm³/mol. The number of carbonyl (C=O) groups excluding carboxylic acids is 6. The van der Waals surface area contributed by atoms with Gasteiger partial charge in [-0.05, 0) is 430 Å². The number of nitrogens with one attached hydrogen (secondary N) is 4. The summed E-state index contributed by atoms with van der Waals surface area (Å²) in [4.78, 5) is 87.7. The zero-order valence-electron chi connectivity index (χ0n) is 89.5. The van der Waals surface area contributed by atoms with E-state index in [4.69, 9.17) is 11.5 Å². The van der Waals surface area contributed by atoms with Crippen LogP contribution in [0.1, 0.15) is 378 Å². The highest BCUT2D eigenvalue weighted by molar-refractivity contribution is 5.86. The minimum Gasteiger partial charge on any atom is -0.326 e. The smallest absolute Gasteiger partial charge is 0.241 e. The molecule has 26 saturated carbocycles. The van der Waals surface area contributed by atoms with Gasteiger partial charge in [0.15, 0.2) is 0 Å². The third-order valence-corrected chi connectivity index (χ3v) is 45.0. The summed E-state index contributed by atoms with van der Waals surface area (Å²) < 4.78 is 0. The molecule has 26 aliphatic carbocycles. The van der Waals surface area contributed by atoms with E-state index in [0.29, 0.717) is 140 Å². The average molecular weight is 1970 g/mol. The molecule has 32 atom stereocenters. The molecule has 8 N–H and O–H groups in total. The van der Waals surface area contributed by atoms with Gasteiger partial charge in [0.2, 0.25) is 35.4 Å². The second-order valence-electron chi connectivity index (χ2n) is 59.9. The first-order valence-corrected chi connectivity index (χ1v) is 57.5. The van der Waals surface area contributed by atoms with Crippen molar-refractivity contribution >= 4 is 35.4 Å². The SMILES string of the molecule is CC12CC3CC(C)(C1)CC(NCC(=O)N1CCC[C@H]1C#N)(C3)C2.CC12CC3CC(C)(C1)CC(NCC(=O)N1[C@H](C#N)CC[C@@H]1C#N)(C3)C2.CC12CC3CC(C)(C1)CC([C@H](N)C(=O)N1[C@@H]4C[C@@H]4C[C@@H]1C#N)(C3)C2.CC12CC3CC(C)(C1)CC([C@H](N)C(=O)N1[C@@H]4C[C@@H]4C[C@@H]1C#N)(C3)C2.CC12CC3CC(C1)C(NCC(=O)N1CCC[C@H]1C#N)C(C)(C3)C2.CC12CC3CC(C1)C(NCC(=O)N1[C@H](C#N)CC[C@@H]1C#N)C(C)(C3)C2. The molecule has 0 aromatic heterocycles. The van der Waals surface area contributed by atoms with E-state index in [-0.39, 0.29) is 100 Å². The number of fused-ring (bicyclic) bond motifs is 2. The number of hydrogen-bond acceptors (Lipinski definition) is 20. The van der Waals surface area contributed by atoms with Crippen LogP contribution in [0.4, 0.5) is 0 Å². The van der Waals surface area contributed by atoms with Gasteiger partial charge >= 0.3 is 0 Å². The van der Waals surface area contributed by atoms with Gasteiger partial charge in [-0.25, -0.2) is 0 Å². The lowest BCUT2D eigenvalue weighted by Crippen LogP contribution is -2.65. The van der Waals surface area contributed by atoms with Gasteiger partial charge in [-0.2, -0.15) is 42.1 Å². The van der Waals surface area contributed by atoms with Crippen LogP contribution in [0.25, 0.3) is 0 Å². The molecule has 780 valence electrons. The molecule has 18 unspecified atom stereocenters. The van der Waals surface area contributed by atoms with Crippen LogP contribution in [-0.2, 0) is 28.8 Å². The average Bonchev–Trinajstić information content (AvgIpc) is 1.22. The van der Waals surface area contributed by atoms with E-state index in [0.717, 1.165) is 157 Å². The highest BCUT2D eigenvalue weighted by Crippen LogP contribution is 2.75. The summed E-state index contributed by atoms with van der Waals surface area (Å²) in [5.41, 5.74) is 18.5. The molecule has 0 radical (unpaired) electrons. The van der Waals surface area contributed by atoms with E-state index < -0.39 is 36.3 Å². The Labute approximate surface area is 860 Å². The summed E-state index contributed by atoms with van der Waals surface area (Å²) in [6, 6.07) is 16.1. The highest BCUT2D eigenvalue weighted by atomic mass is 16.2. The number of hydrogen-bond donors (Lipinski definition) is 6. The molecule has 6 amide bonds. The van der Waals surface area contributed by atoms with Gasteiger partial charge in [0.1, 0.15) is 48.3 Å². The molecule has 0 spiro atoms. The molecule has 6 aliphatic heterocycles. The maximum absolute atomic E-state index is 13.3. The molecule has 0 aromatic carbocycles. The molecular weight excluding hydrogens is 1790 g/mol. The number of nitrogens with zero attached hydrogens (tertiary/aromatic N) is 14. The molecule has 24 bridgehead atoms. The lowest BCUT2D eigenvalue weighted by molar-refractivity contribution is -0.168. The third-order valence-electron chi connectivity index (χ3n) is 45.0. The lowest BCUT2D eigenvalue weighted by atomic mass is 9.39. The Morgan fingerprint density at radius 1 is 0.285 bits per heavy atom. The van der Waals surface area contributed by atoms with Crippen molar-refractivity contribution in [2.75, 3.05) is 39.3 Å². The summed E-state index contributed by atoms with van der Waals surface area (Å²) in [7, 11) is 0. The van der Waals surface area contributed by atoms with E-state index in [1.807, 2.05) is 9.80 Å². The fourth-order valence-electron chi connectivity index (χ4n) is 45.2. The Kier molecular flexibility index (Phi) is 25.7. The Balaban J connectivity index is 0.000000102. The van der Waals surface area contributed by atoms with Crippen LogP contribution in [0.2, 0.25) is 0 Å². The quantitative estimate of drug-likeness (QED) is 0.0836. The Bertz CT molecular complexity index is 5220. The largest absolute Gasteiger partial charge is 0.326 e. The lowest BCUT2D eigenvalue weighted by Gasteiger charge is -2.66. The zero-order valence-corrected chi connectivity index (χ0v) is 89.5. The number of nitriles is 8. The first kappa shape index (κ1) is 102. The van der Waals surface area contributed by atoms with Crippen molar-refractivity contribution in [2.45, 2.75) is 474 Å². The summed E-state index contributed by atoms with van der Waals surface area (Å²) in [6.07, 6.45) is 53.0. The summed E-state index contributed by atoms with van der Waals surface area (Å²) in [5, 5.41) is 88.9. The van der Waals surface area contributed by atoms with E-state index in [9.17, 15) is 70.9 Å². The maximum Gasteiger partial charge on any atom is 0.241 e. The van der Waals surface area contributed by atoms with Gasteiger partial charge < -0.3 is 62.1 Å². The van der Waals surface area contributed by atoms with Gasteiger partial charge in [-0.15, -0.1) is 0 Å². The molecule has 144 heavy (non-hydrogen) atoms. The van der Waals surface area contributed by atoms with Crippen molar-refractivity contribution in [1.82, 2.24) is 50.7 Å². The van der Waals surface area contributed by atoms with Gasteiger partial charge in [0, 0.05) is 48.3 Å². The number of carbonyl (C=O) groups is 6. The molecule has 0 aromatic rings. The van der Waals surface area contributed by atoms with Crippen molar-refractivity contribution in [2.24, 2.45) is 146 Å². The van der Waals surface area contributed by atoms with Gasteiger partial charge in [0.25, 0.3) is 0 Å². The second kappa shape index (κ2) is 36.1. The van der Waals surface area contributed by atoms with E-state index in [1.165, 1.54) is 177 Å². The number of piperidine rings is 2. The van der Waals surface area contributed by atoms with Crippen LogP contribution in [0, 0.1) is 226 Å². The summed E-state index contributed by atoms with van der Waals surface area (Å²) in [6.45, 7) is 32.1. The van der Waals surface area contributed by atoms with Crippen LogP contribution >= 0.6 is 0 Å². The zero-order chi connectivity index (χ0) is 102. The number of likely N-dealkylation sites (tertiary alicyclic amines) is 6. The van der Waals surface area contributed by atoms with E-state index in [2.05, 4.69) is 153 Å². The minimum absolute atomic E-state index is 0.0209. The fraction of sp³-hybridized carbons (Fsp3) is 0.881. The van der Waals surface area contributed by atoms with Gasteiger partial charge in [-0.1, -0.05) is 83.1 Å². The van der Waals surface area contributed by atoms with E-state index in [1.54, 1.807) is 9.80 Å². The molecular formula is C118H172N20O6. The Morgan fingerprint density at radius 3 is 0.882 bits per heavy atom. The summed E-state index contributed by atoms with van der Waals surface area (Å²) >= 11 is 0. The molecule has 32 aliphatic rings. The van der Waals surface area contributed by atoms with Crippen molar-refractivity contribution in [3.63, 3.8) is 0 Å². The van der Waals surface area contributed by atoms with Crippen LogP contribution in [0.5, 0.6) is 0 Å². The summed E-state index contributed by atoms with van der Waals surface area (Å²) in [5.74, 6) is 7.67. The third kappa shape index (κ3) is 18.7. The van der Waals surface area contributed by atoms with Crippen molar-refractivity contribution in [3.8, 4) is 48.6 Å². The molecule has 26 heteroatoms. The highest BCUT2D eigenvalue weighted by Gasteiger charge is 2.70. The first-order valence-electron chi connectivity index (χ1n) is 57.5. The predicted octanol–water partition coefficient (Wildman–Crippen LogP) is 16.5. The minimum atomic E-state index is -0.439. The topological polar surface area (TPSA) is 412 Å². The van der Waals surface area contributed by atoms with Crippen molar-refractivity contribution in [3.05, 3.63) is 0 Å². The Morgan fingerprint density at radius 2 is 0.576 bits per heavy atom. The molecule has 6 heterocycles. The van der Waals surface area contributed by atoms with Crippen molar-refractivity contribution in [1.29, 1.82) is 42.1 Å². The molecule has 32 fully saturated rings. The van der Waals surface area contributed by atoms with Crippen molar-refractivity contribution < 1.29 is 28.8 Å². The standard InChI is InChI=1S/2C20H28N4O.2C20H29N3O.2C19H29N3O/c1-18-5-14-6-19(2,11-18)13-20(7-14,12-18)23-10-17(25)24-15(8-21)3-4-16(24)9-22;1-19-6-13-5-14(8-19)18(20(2,7-13)12-19)23-11-17(25)24-15(9-21)3-4-16(24)10-22;2*1-18-5-12-6-19(2,9-18)11-20(7-12,10-18)16(22)17(24)23-14(8-21)3-13-4-15(13)23;1-17-6-14-7-18(2,11-17)13-19(8-14,12-17)21-10-16(23)22-5-3-4-15(22)9-20;1-18-7-13-6-14(9-18)17(19(2,8-13)12-18)21-11-16(23)22-5-3-4-15(22)10-20/h14-16,23H,3-7,10-13H2,1-2H3;13-16,18,23H,3-8,11-12H2,1-2H3;2*12-16H,3-7,9-11,22H2,1-2H3;14-15,21H,3-8,10-13H2,1-2H3;13-15,17,21H,3-9,11-12H2,1-2H3/t14?,15-,16+,18?,19?,20?;13?,14?,15-,16+,18?,19?,20?;2*12?,13-,14+,15+,16+,18?,19?,20?;14?,15-,17?,18?,19?;13?,14?,15-,17?,18?,19?/m..0000/s1. The van der Waals surface area contributed by atoms with Crippen LogP contribution in [0.3, 0.4) is 0 Å². The van der Waals surface area contributed by atoms with E-state index >= 15 is 0 Å². The number of nitrogens with two attached hydrogens (primary N) is 2. The second-order valence-corrected chi connectivity index (χ2v) is 59.9. The van der Waals surface area contributed by atoms with Crippen LogP contribution in [0.15, 0.2) is 0 Å². The molecule has 32 rings (SSSR count). The molecule has 6 saturated heterocycles. The first-order chi connectivity index (χ1) is 68.0. The number of amides is 6. The Hall–Kier alpha value is -7.50. The molecule has 26 nitrogen and oxygen atoms in total. The maximum atomic E-state index is 13.3. The number of rotatable bonds is 16. The van der Waals surface area contributed by atoms with Crippen LogP contribution < -0.4 is 32.7 Å². The van der Waals surface area contributed by atoms with Gasteiger partial charge in [0.05, 0.1) is 86.8 Å².